The summed E-state index contributed by atoms with van der Waals surface area (Å²) < 4.78 is 14.7. The third-order valence-corrected chi connectivity index (χ3v) is 5.32. The third kappa shape index (κ3) is 4.24. The number of likely N-dealkylation sites (tertiary alicyclic amines) is 1. The molecule has 1 atom stereocenters. The van der Waals surface area contributed by atoms with Gasteiger partial charge in [-0.25, -0.2) is 4.39 Å². The van der Waals surface area contributed by atoms with E-state index in [4.69, 9.17) is 0 Å². The van der Waals surface area contributed by atoms with Crippen LogP contribution in [0.4, 0.5) is 4.39 Å². The van der Waals surface area contributed by atoms with Crippen LogP contribution >= 0.6 is 0 Å². The molecule has 0 aliphatic carbocycles. The van der Waals surface area contributed by atoms with Crippen LogP contribution in [0.3, 0.4) is 0 Å². The van der Waals surface area contributed by atoms with Crippen LogP contribution in [0.15, 0.2) is 54.1 Å². The Balaban J connectivity index is 2.08. The number of benzene rings is 2. The molecule has 29 heavy (non-hydrogen) atoms. The number of hydrogen-bond acceptors (Lipinski definition) is 3. The second-order valence-electron chi connectivity index (χ2n) is 7.44. The Hall–Kier alpha value is -2.95. The Labute approximate surface area is 170 Å². The molecule has 1 saturated heterocycles. The predicted octanol–water partition coefficient (Wildman–Crippen LogP) is 5.14. The van der Waals surface area contributed by atoms with Gasteiger partial charge < -0.3 is 10.0 Å². The first-order chi connectivity index (χ1) is 14.0. The lowest BCUT2D eigenvalue weighted by Gasteiger charge is -2.25. The van der Waals surface area contributed by atoms with Crippen molar-refractivity contribution in [2.24, 2.45) is 0 Å². The number of aryl methyl sites for hydroxylation is 1. The maximum Gasteiger partial charge on any atom is 0.295 e. The molecule has 2 aromatic rings. The molecule has 0 bridgehead atoms. The van der Waals surface area contributed by atoms with Gasteiger partial charge in [0.25, 0.3) is 11.7 Å². The second kappa shape index (κ2) is 9.03. The number of aliphatic hydroxyl groups is 1. The normalized spacial score (nSPS) is 18.4. The van der Waals surface area contributed by atoms with E-state index in [1.165, 1.54) is 11.0 Å². The van der Waals surface area contributed by atoms with Crippen molar-refractivity contribution < 1.29 is 19.1 Å². The lowest BCUT2D eigenvalue weighted by atomic mass is 9.94. The first-order valence-corrected chi connectivity index (χ1v) is 10.1. The number of amides is 1. The van der Waals surface area contributed by atoms with E-state index >= 15 is 0 Å². The molecular weight excluding hydrogens is 369 g/mol. The summed E-state index contributed by atoms with van der Waals surface area (Å²) in [7, 11) is 0. The van der Waals surface area contributed by atoms with Crippen LogP contribution in [0.5, 0.6) is 0 Å². The highest BCUT2D eigenvalue weighted by Gasteiger charge is 2.46. The molecular formula is C24H26FNO3. The number of carbonyl (C=O) groups is 2. The average molecular weight is 395 g/mol. The fraction of sp³-hybridized carbons (Fsp3) is 0.333. The molecule has 1 heterocycles. The number of unbranched alkanes of at least 4 members (excludes halogenated alkanes) is 3. The lowest BCUT2D eigenvalue weighted by molar-refractivity contribution is -0.140. The maximum absolute atomic E-state index is 14.7. The monoisotopic (exact) mass is 395 g/mol. The Kier molecular flexibility index (Phi) is 6.47. The van der Waals surface area contributed by atoms with E-state index in [-0.39, 0.29) is 16.9 Å². The molecule has 3 rings (SSSR count). The van der Waals surface area contributed by atoms with E-state index in [1.807, 2.05) is 19.1 Å². The van der Waals surface area contributed by atoms with Crippen molar-refractivity contribution in [3.05, 3.63) is 76.6 Å². The Morgan fingerprint density at radius 3 is 2.38 bits per heavy atom. The average Bonchev–Trinajstić information content (AvgIpc) is 2.96. The smallest absolute Gasteiger partial charge is 0.295 e. The van der Waals surface area contributed by atoms with Gasteiger partial charge in [0.15, 0.2) is 0 Å². The van der Waals surface area contributed by atoms with Crippen molar-refractivity contribution in [3.8, 4) is 0 Å². The van der Waals surface area contributed by atoms with E-state index in [2.05, 4.69) is 6.92 Å². The fourth-order valence-corrected chi connectivity index (χ4v) is 3.71. The van der Waals surface area contributed by atoms with Crippen LogP contribution in [-0.4, -0.2) is 28.2 Å². The van der Waals surface area contributed by atoms with Crippen molar-refractivity contribution >= 4 is 17.4 Å². The minimum Gasteiger partial charge on any atom is -0.507 e. The fourth-order valence-electron chi connectivity index (χ4n) is 3.71. The molecule has 0 saturated carbocycles. The largest absolute Gasteiger partial charge is 0.507 e. The number of Topliss-reactive ketones (excluding diaryl/α,β-unsaturated/α-hetero) is 1. The zero-order chi connectivity index (χ0) is 21.0. The zero-order valence-corrected chi connectivity index (χ0v) is 16.8. The van der Waals surface area contributed by atoms with Gasteiger partial charge in [-0.05, 0) is 19.4 Å². The minimum absolute atomic E-state index is 0.0561. The van der Waals surface area contributed by atoms with Gasteiger partial charge in [-0.2, -0.15) is 0 Å². The SMILES string of the molecule is CCCCCCN1C(=O)C(=O)C(=C(O)c2ccc(C)cc2)[C@H]1c1ccccc1F. The maximum atomic E-state index is 14.7. The number of halogens is 1. The van der Waals surface area contributed by atoms with E-state index < -0.39 is 23.5 Å². The molecule has 0 unspecified atom stereocenters. The summed E-state index contributed by atoms with van der Waals surface area (Å²) in [6.45, 7) is 4.35. The van der Waals surface area contributed by atoms with Crippen LogP contribution in [0.1, 0.15) is 55.3 Å². The summed E-state index contributed by atoms with van der Waals surface area (Å²) in [5, 5.41) is 10.9. The highest BCUT2D eigenvalue weighted by molar-refractivity contribution is 6.46. The summed E-state index contributed by atoms with van der Waals surface area (Å²) in [5.74, 6) is -2.24. The Morgan fingerprint density at radius 2 is 1.72 bits per heavy atom. The first-order valence-electron chi connectivity index (χ1n) is 10.1. The van der Waals surface area contributed by atoms with E-state index in [1.54, 1.807) is 30.3 Å². The van der Waals surface area contributed by atoms with E-state index in [0.717, 1.165) is 31.2 Å². The van der Waals surface area contributed by atoms with Crippen LogP contribution in [-0.2, 0) is 9.59 Å². The van der Waals surface area contributed by atoms with Crippen molar-refractivity contribution in [3.63, 3.8) is 0 Å². The van der Waals surface area contributed by atoms with Crippen LogP contribution < -0.4 is 0 Å². The quantitative estimate of drug-likeness (QED) is 0.306. The molecule has 1 aliphatic heterocycles. The van der Waals surface area contributed by atoms with Gasteiger partial charge in [0.1, 0.15) is 11.6 Å². The summed E-state index contributed by atoms with van der Waals surface area (Å²) in [6, 6.07) is 12.2. The number of carbonyl (C=O) groups excluding carboxylic acids is 2. The van der Waals surface area contributed by atoms with Crippen molar-refractivity contribution in [1.29, 1.82) is 0 Å². The molecule has 2 aromatic carbocycles. The summed E-state index contributed by atoms with van der Waals surface area (Å²) >= 11 is 0. The zero-order valence-electron chi connectivity index (χ0n) is 16.8. The standard InChI is InChI=1S/C24H26FNO3/c1-3-4-5-8-15-26-21(18-9-6-7-10-19(18)25)20(23(28)24(26)29)22(27)17-13-11-16(2)12-14-17/h6-7,9-14,21,27H,3-5,8,15H2,1-2H3/t21-/m1/s1. The van der Waals surface area contributed by atoms with Gasteiger partial charge >= 0.3 is 0 Å². The lowest BCUT2D eigenvalue weighted by Crippen LogP contribution is -2.31. The number of nitrogens with zero attached hydrogens (tertiary/aromatic N) is 1. The number of rotatable bonds is 7. The van der Waals surface area contributed by atoms with Crippen molar-refractivity contribution in [2.75, 3.05) is 6.54 Å². The van der Waals surface area contributed by atoms with Gasteiger partial charge in [-0.15, -0.1) is 0 Å². The first kappa shape index (κ1) is 20.8. The van der Waals surface area contributed by atoms with E-state index in [9.17, 15) is 19.1 Å². The molecule has 0 aromatic heterocycles. The number of ketones is 1. The molecule has 0 radical (unpaired) electrons. The van der Waals surface area contributed by atoms with Crippen LogP contribution in [0.2, 0.25) is 0 Å². The third-order valence-electron chi connectivity index (χ3n) is 5.32. The summed E-state index contributed by atoms with van der Waals surface area (Å²) in [4.78, 5) is 27.0. The molecule has 1 amide bonds. The number of aliphatic hydroxyl groups excluding tert-OH is 1. The molecule has 4 nitrogen and oxygen atoms in total. The minimum atomic E-state index is -0.931. The predicted molar refractivity (Wildman–Crippen MR) is 111 cm³/mol. The van der Waals surface area contributed by atoms with Crippen molar-refractivity contribution in [1.82, 2.24) is 4.90 Å². The van der Waals surface area contributed by atoms with Crippen LogP contribution in [0, 0.1) is 12.7 Å². The molecule has 0 spiro atoms. The molecule has 1 aliphatic rings. The topological polar surface area (TPSA) is 57.6 Å². The van der Waals surface area contributed by atoms with E-state index in [0.29, 0.717) is 12.1 Å². The molecule has 1 N–H and O–H groups in total. The Bertz CT molecular complexity index is 933. The number of hydrogen-bond donors (Lipinski definition) is 1. The van der Waals surface area contributed by atoms with Gasteiger partial charge in [0.05, 0.1) is 11.6 Å². The molecule has 1 fully saturated rings. The summed E-state index contributed by atoms with van der Waals surface area (Å²) in [6.07, 6.45) is 3.71. The van der Waals surface area contributed by atoms with Gasteiger partial charge in [-0.3, -0.25) is 9.59 Å². The summed E-state index contributed by atoms with van der Waals surface area (Å²) in [5.41, 5.74) is 1.60. The molecule has 152 valence electrons. The highest BCUT2D eigenvalue weighted by atomic mass is 19.1. The van der Waals surface area contributed by atoms with Gasteiger partial charge in [0.2, 0.25) is 0 Å². The molecule has 5 heteroatoms. The van der Waals surface area contributed by atoms with Gasteiger partial charge in [0, 0.05) is 17.7 Å². The highest BCUT2D eigenvalue weighted by Crippen LogP contribution is 2.40. The van der Waals surface area contributed by atoms with Crippen LogP contribution in [0.25, 0.3) is 5.76 Å². The Morgan fingerprint density at radius 1 is 1.03 bits per heavy atom. The second-order valence-corrected chi connectivity index (χ2v) is 7.44. The van der Waals surface area contributed by atoms with Crippen molar-refractivity contribution in [2.45, 2.75) is 45.6 Å². The van der Waals surface area contributed by atoms with Gasteiger partial charge in [-0.1, -0.05) is 74.2 Å².